The molecule has 26 heavy (non-hydrogen) atoms. The average molecular weight is 383 g/mol. The molecular formula is C22H39O3P. The van der Waals surface area contributed by atoms with Crippen molar-refractivity contribution in [3.8, 4) is 0 Å². The van der Waals surface area contributed by atoms with Crippen molar-refractivity contribution in [1.82, 2.24) is 0 Å². The van der Waals surface area contributed by atoms with Gasteiger partial charge in [-0.1, -0.05) is 32.4 Å². The van der Waals surface area contributed by atoms with E-state index in [4.69, 9.17) is 14.0 Å². The molecule has 3 fully saturated rings. The van der Waals surface area contributed by atoms with Crippen molar-refractivity contribution < 1.29 is 14.0 Å². The second kappa shape index (κ2) is 8.19. The summed E-state index contributed by atoms with van der Waals surface area (Å²) in [7, 11) is 6.18. The Morgan fingerprint density at radius 3 is 2.31 bits per heavy atom. The molecule has 0 aliphatic heterocycles. The van der Waals surface area contributed by atoms with Gasteiger partial charge < -0.3 is 14.0 Å². The molecule has 0 aromatic rings. The zero-order chi connectivity index (χ0) is 18.9. The minimum absolute atomic E-state index is 0.166. The molecule has 0 amide bonds. The molecule has 4 heteroatoms. The molecule has 0 heterocycles. The van der Waals surface area contributed by atoms with Gasteiger partial charge in [0.25, 0.3) is 0 Å². The predicted octanol–water partition coefficient (Wildman–Crippen LogP) is 5.40. The van der Waals surface area contributed by atoms with Gasteiger partial charge in [0, 0.05) is 29.1 Å². The fourth-order valence-corrected chi connectivity index (χ4v) is 6.73. The molecule has 3 aliphatic rings. The van der Waals surface area contributed by atoms with Crippen molar-refractivity contribution in [1.29, 1.82) is 0 Å². The van der Waals surface area contributed by atoms with Crippen molar-refractivity contribution in [2.45, 2.75) is 84.0 Å². The zero-order valence-corrected chi connectivity index (χ0v) is 18.5. The van der Waals surface area contributed by atoms with Crippen LogP contribution in [0.3, 0.4) is 0 Å². The lowest BCUT2D eigenvalue weighted by atomic mass is 9.62. The third-order valence-corrected chi connectivity index (χ3v) is 8.70. The van der Waals surface area contributed by atoms with Crippen LogP contribution >= 0.6 is 9.47 Å². The summed E-state index contributed by atoms with van der Waals surface area (Å²) in [4.78, 5) is 0. The quantitative estimate of drug-likeness (QED) is 0.415. The highest BCUT2D eigenvalue weighted by Crippen LogP contribution is 2.59. The van der Waals surface area contributed by atoms with Crippen molar-refractivity contribution in [2.24, 2.45) is 28.6 Å². The molecule has 0 radical (unpaired) electrons. The number of hydrogen-bond acceptors (Lipinski definition) is 3. The Morgan fingerprint density at radius 1 is 1.00 bits per heavy atom. The van der Waals surface area contributed by atoms with Gasteiger partial charge in [-0.15, -0.1) is 0 Å². The molecule has 8 unspecified atom stereocenters. The summed E-state index contributed by atoms with van der Waals surface area (Å²) in [6.07, 6.45) is 14.6. The average Bonchev–Trinajstić information content (AvgIpc) is 3.36. The van der Waals surface area contributed by atoms with Crippen LogP contribution in [-0.2, 0) is 14.0 Å². The highest BCUT2D eigenvalue weighted by atomic mass is 31.0. The lowest BCUT2D eigenvalue weighted by Crippen LogP contribution is -2.41. The molecule has 0 spiro atoms. The molecule has 0 N–H and O–H groups in total. The predicted molar refractivity (Wildman–Crippen MR) is 110 cm³/mol. The standard InChI is InChI=1S/C22H39O3P/c1-15(8-11-20(24-5)22(13-14-22)16(2)23-4)17-9-10-18-19(25-26)7-6-12-21(17,18)3/h8,11,15-20H,6-7,9-10,12-14,26H2,1-5H3/b11-8+. The van der Waals surface area contributed by atoms with Gasteiger partial charge in [-0.3, -0.25) is 0 Å². The molecule has 8 atom stereocenters. The van der Waals surface area contributed by atoms with E-state index in [1.807, 2.05) is 14.2 Å². The molecule has 3 nitrogen and oxygen atoms in total. The summed E-state index contributed by atoms with van der Waals surface area (Å²) >= 11 is 0. The number of fused-ring (bicyclic) bond motifs is 1. The minimum atomic E-state index is 0.166. The molecule has 0 bridgehead atoms. The Hall–Kier alpha value is 0.0500. The summed E-state index contributed by atoms with van der Waals surface area (Å²) in [6, 6.07) is 0. The van der Waals surface area contributed by atoms with Crippen molar-refractivity contribution >= 4 is 9.47 Å². The fourth-order valence-electron chi connectivity index (χ4n) is 6.40. The van der Waals surface area contributed by atoms with Crippen molar-refractivity contribution in [3.63, 3.8) is 0 Å². The first-order valence-electron chi connectivity index (χ1n) is 10.5. The normalized spacial score (nSPS) is 39.5. The second-order valence-electron chi connectivity index (χ2n) is 9.37. The van der Waals surface area contributed by atoms with Gasteiger partial charge in [-0.25, -0.2) is 0 Å². The Kier molecular flexibility index (Phi) is 6.55. The summed E-state index contributed by atoms with van der Waals surface area (Å²) in [5, 5.41) is 0. The number of allylic oxidation sites excluding steroid dienone is 1. The van der Waals surface area contributed by atoms with E-state index in [0.717, 1.165) is 11.8 Å². The van der Waals surface area contributed by atoms with Crippen LogP contribution < -0.4 is 0 Å². The maximum absolute atomic E-state index is 5.89. The van der Waals surface area contributed by atoms with Gasteiger partial charge in [0.2, 0.25) is 0 Å². The molecule has 150 valence electrons. The fraction of sp³-hybridized carbons (Fsp3) is 0.909. The van der Waals surface area contributed by atoms with E-state index in [1.54, 1.807) is 0 Å². The molecule has 0 saturated heterocycles. The smallest absolute Gasteiger partial charge is 0.0833 e. The molecule has 3 saturated carbocycles. The number of rotatable bonds is 8. The number of methoxy groups -OCH3 is 2. The second-order valence-corrected chi connectivity index (χ2v) is 9.65. The van der Waals surface area contributed by atoms with Crippen LogP contribution in [0.25, 0.3) is 0 Å². The minimum Gasteiger partial charge on any atom is -0.381 e. The topological polar surface area (TPSA) is 27.7 Å². The highest BCUT2D eigenvalue weighted by molar-refractivity contribution is 7.09. The molecule has 3 rings (SSSR count). The maximum atomic E-state index is 5.89. The summed E-state index contributed by atoms with van der Waals surface area (Å²) in [5.41, 5.74) is 0.605. The van der Waals surface area contributed by atoms with E-state index in [9.17, 15) is 0 Å². The molecule has 0 aromatic carbocycles. The van der Waals surface area contributed by atoms with E-state index in [2.05, 4.69) is 42.4 Å². The van der Waals surface area contributed by atoms with E-state index in [0.29, 0.717) is 17.4 Å². The summed E-state index contributed by atoms with van der Waals surface area (Å²) in [5.74, 6) is 2.05. The Labute approximate surface area is 162 Å². The monoisotopic (exact) mass is 382 g/mol. The van der Waals surface area contributed by atoms with Crippen LogP contribution in [0.2, 0.25) is 0 Å². The van der Waals surface area contributed by atoms with E-state index in [-0.39, 0.29) is 17.6 Å². The number of ether oxygens (including phenoxy) is 2. The van der Waals surface area contributed by atoms with Gasteiger partial charge in [0.05, 0.1) is 18.3 Å². The first-order chi connectivity index (χ1) is 12.4. The Balaban J connectivity index is 1.69. The molecule has 0 aromatic heterocycles. The largest absolute Gasteiger partial charge is 0.381 e. The van der Waals surface area contributed by atoms with Crippen LogP contribution in [0, 0.1) is 28.6 Å². The third kappa shape index (κ3) is 3.54. The zero-order valence-electron chi connectivity index (χ0n) is 17.4. The summed E-state index contributed by atoms with van der Waals surface area (Å²) in [6.45, 7) is 7.12. The lowest BCUT2D eigenvalue weighted by molar-refractivity contribution is -0.0202. The van der Waals surface area contributed by atoms with Crippen LogP contribution in [0.1, 0.15) is 65.7 Å². The molecular weight excluding hydrogens is 343 g/mol. The SMILES string of the molecule is COC(C)C1(C(/C=C/C(C)C2CCC3C(OP)CCCC23C)OC)CC1. The van der Waals surface area contributed by atoms with E-state index < -0.39 is 0 Å². The van der Waals surface area contributed by atoms with Crippen LogP contribution in [0.5, 0.6) is 0 Å². The van der Waals surface area contributed by atoms with E-state index in [1.165, 1.54) is 44.9 Å². The first-order valence-corrected chi connectivity index (χ1v) is 11.0. The number of hydrogen-bond donors (Lipinski definition) is 0. The van der Waals surface area contributed by atoms with E-state index >= 15 is 0 Å². The highest BCUT2D eigenvalue weighted by Gasteiger charge is 2.54. The van der Waals surface area contributed by atoms with Gasteiger partial charge >= 0.3 is 0 Å². The Morgan fingerprint density at radius 2 is 1.73 bits per heavy atom. The third-order valence-electron chi connectivity index (χ3n) is 8.35. The Bertz CT molecular complexity index is 504. The van der Waals surface area contributed by atoms with Crippen LogP contribution in [0.4, 0.5) is 0 Å². The van der Waals surface area contributed by atoms with Crippen LogP contribution in [-0.4, -0.2) is 32.5 Å². The van der Waals surface area contributed by atoms with Crippen molar-refractivity contribution in [2.75, 3.05) is 14.2 Å². The maximum Gasteiger partial charge on any atom is 0.0833 e. The van der Waals surface area contributed by atoms with Gasteiger partial charge in [0.15, 0.2) is 0 Å². The molecule has 3 aliphatic carbocycles. The lowest BCUT2D eigenvalue weighted by Gasteiger charge is -2.45. The van der Waals surface area contributed by atoms with Crippen LogP contribution in [0.15, 0.2) is 12.2 Å². The summed E-state index contributed by atoms with van der Waals surface area (Å²) < 4.78 is 17.3. The van der Waals surface area contributed by atoms with Gasteiger partial charge in [-0.05, 0) is 68.6 Å². The first kappa shape index (κ1) is 20.8. The van der Waals surface area contributed by atoms with Gasteiger partial charge in [0.1, 0.15) is 0 Å². The van der Waals surface area contributed by atoms with Crippen molar-refractivity contribution in [3.05, 3.63) is 12.2 Å². The van der Waals surface area contributed by atoms with Gasteiger partial charge in [-0.2, -0.15) is 0 Å².